The van der Waals surface area contributed by atoms with E-state index in [9.17, 15) is 0 Å². The van der Waals surface area contributed by atoms with Gasteiger partial charge < -0.3 is 15.0 Å². The van der Waals surface area contributed by atoms with Gasteiger partial charge in [-0.05, 0) is 46.1 Å². The minimum atomic E-state index is 0.129. The summed E-state index contributed by atoms with van der Waals surface area (Å²) < 4.78 is 5.67. The van der Waals surface area contributed by atoms with E-state index in [2.05, 4.69) is 20.2 Å². The summed E-state index contributed by atoms with van der Waals surface area (Å²) in [4.78, 5) is 11.3. The van der Waals surface area contributed by atoms with Crippen LogP contribution in [0.25, 0.3) is 0 Å². The maximum absolute atomic E-state index is 5.67. The predicted octanol–water partition coefficient (Wildman–Crippen LogP) is 2.23. The average Bonchev–Trinajstić information content (AvgIpc) is 2.48. The lowest BCUT2D eigenvalue weighted by Gasteiger charge is -2.45. The van der Waals surface area contributed by atoms with Crippen LogP contribution in [0.1, 0.15) is 39.5 Å². The molecule has 2 fully saturated rings. The number of nitrogens with zero attached hydrogens (tertiary/aromatic N) is 3. The van der Waals surface area contributed by atoms with Crippen LogP contribution in [0.2, 0.25) is 0 Å². The van der Waals surface area contributed by atoms with Crippen molar-refractivity contribution in [2.45, 2.75) is 45.6 Å². The third kappa shape index (κ3) is 3.46. The van der Waals surface area contributed by atoms with Crippen LogP contribution in [0.3, 0.4) is 0 Å². The van der Waals surface area contributed by atoms with Gasteiger partial charge in [0.15, 0.2) is 5.82 Å². The highest BCUT2D eigenvalue weighted by Crippen LogP contribution is 2.37. The number of nitrogens with one attached hydrogen (secondary N) is 1. The molecule has 1 spiro atoms. The fourth-order valence-electron chi connectivity index (χ4n) is 3.57. The van der Waals surface area contributed by atoms with E-state index in [-0.39, 0.29) is 6.10 Å². The molecule has 2 aliphatic rings. The van der Waals surface area contributed by atoms with Crippen LogP contribution in [-0.2, 0) is 0 Å². The molecule has 1 aromatic rings. The largest absolute Gasteiger partial charge is 0.474 e. The van der Waals surface area contributed by atoms with Crippen molar-refractivity contribution < 1.29 is 4.74 Å². The molecule has 21 heavy (non-hydrogen) atoms. The third-order valence-electron chi connectivity index (χ3n) is 4.50. The van der Waals surface area contributed by atoms with Gasteiger partial charge in [0, 0.05) is 25.0 Å². The zero-order chi connectivity index (χ0) is 14.7. The zero-order valence-corrected chi connectivity index (χ0v) is 13.1. The van der Waals surface area contributed by atoms with Gasteiger partial charge >= 0.3 is 0 Å². The monoisotopic (exact) mass is 290 g/mol. The average molecular weight is 290 g/mol. The van der Waals surface area contributed by atoms with Gasteiger partial charge in [0.25, 0.3) is 0 Å². The minimum absolute atomic E-state index is 0.129. The molecule has 1 atom stereocenters. The van der Waals surface area contributed by atoms with Crippen molar-refractivity contribution in [2.75, 3.05) is 31.1 Å². The Morgan fingerprint density at radius 3 is 2.90 bits per heavy atom. The van der Waals surface area contributed by atoms with Crippen molar-refractivity contribution in [3.8, 4) is 5.88 Å². The van der Waals surface area contributed by atoms with Crippen LogP contribution in [-0.4, -0.2) is 42.3 Å². The standard InChI is InChI=1S/C16H26N4O/c1-13(2)21-15-10-18-9-14(19-15)20-8-4-6-16(12-20)5-3-7-17-11-16/h9-10,13,17H,3-8,11-12H2,1-2H3. The molecular weight excluding hydrogens is 264 g/mol. The first-order valence-electron chi connectivity index (χ1n) is 8.11. The number of aromatic nitrogens is 2. The van der Waals surface area contributed by atoms with Crippen LogP contribution in [0.5, 0.6) is 5.88 Å². The van der Waals surface area contributed by atoms with Crippen molar-refractivity contribution in [3.63, 3.8) is 0 Å². The summed E-state index contributed by atoms with van der Waals surface area (Å²) >= 11 is 0. The normalized spacial score (nSPS) is 26.3. The van der Waals surface area contributed by atoms with Crippen LogP contribution in [0.4, 0.5) is 5.82 Å². The van der Waals surface area contributed by atoms with E-state index < -0.39 is 0 Å². The van der Waals surface area contributed by atoms with E-state index in [0.717, 1.165) is 25.5 Å². The van der Waals surface area contributed by atoms with Crippen molar-refractivity contribution >= 4 is 5.82 Å². The summed E-state index contributed by atoms with van der Waals surface area (Å²) in [5.41, 5.74) is 0.424. The van der Waals surface area contributed by atoms with E-state index in [1.54, 1.807) is 6.20 Å². The van der Waals surface area contributed by atoms with Gasteiger partial charge in [-0.1, -0.05) is 0 Å². The quantitative estimate of drug-likeness (QED) is 0.925. The van der Waals surface area contributed by atoms with E-state index >= 15 is 0 Å². The maximum atomic E-state index is 5.67. The maximum Gasteiger partial charge on any atom is 0.234 e. The van der Waals surface area contributed by atoms with Gasteiger partial charge in [-0.3, -0.25) is 4.98 Å². The molecular formula is C16H26N4O. The molecule has 0 saturated carbocycles. The lowest BCUT2D eigenvalue weighted by molar-refractivity contribution is 0.172. The molecule has 1 unspecified atom stereocenters. The fourth-order valence-corrected chi connectivity index (χ4v) is 3.57. The molecule has 3 rings (SSSR count). The summed E-state index contributed by atoms with van der Waals surface area (Å²) in [6, 6.07) is 0. The number of rotatable bonds is 3. The Labute approximate surface area is 127 Å². The molecule has 0 aromatic carbocycles. The van der Waals surface area contributed by atoms with Crippen molar-refractivity contribution in [1.29, 1.82) is 0 Å². The van der Waals surface area contributed by atoms with E-state index in [1.807, 2.05) is 20.0 Å². The highest BCUT2D eigenvalue weighted by Gasteiger charge is 2.37. The lowest BCUT2D eigenvalue weighted by Crippen LogP contribution is -2.51. The van der Waals surface area contributed by atoms with Crippen LogP contribution in [0.15, 0.2) is 12.4 Å². The Balaban J connectivity index is 1.73. The van der Waals surface area contributed by atoms with Gasteiger partial charge in [-0.25, -0.2) is 0 Å². The first-order chi connectivity index (χ1) is 10.2. The van der Waals surface area contributed by atoms with E-state index in [0.29, 0.717) is 11.3 Å². The van der Waals surface area contributed by atoms with Crippen molar-refractivity contribution in [3.05, 3.63) is 12.4 Å². The zero-order valence-electron chi connectivity index (χ0n) is 13.1. The molecule has 0 bridgehead atoms. The molecule has 5 heteroatoms. The van der Waals surface area contributed by atoms with Crippen LogP contribution >= 0.6 is 0 Å². The predicted molar refractivity (Wildman–Crippen MR) is 83.8 cm³/mol. The smallest absolute Gasteiger partial charge is 0.234 e. The fraction of sp³-hybridized carbons (Fsp3) is 0.750. The number of anilines is 1. The summed E-state index contributed by atoms with van der Waals surface area (Å²) in [5, 5.41) is 3.57. The van der Waals surface area contributed by atoms with Crippen molar-refractivity contribution in [2.24, 2.45) is 5.41 Å². The SMILES string of the molecule is CC(C)Oc1cncc(N2CCCC3(CCCNC3)C2)n1. The summed E-state index contributed by atoms with van der Waals surface area (Å²) in [6.07, 6.45) is 8.87. The number of hydrogen-bond acceptors (Lipinski definition) is 5. The summed E-state index contributed by atoms with van der Waals surface area (Å²) in [6.45, 7) is 8.48. The van der Waals surface area contributed by atoms with Gasteiger partial charge in [-0.2, -0.15) is 4.98 Å². The molecule has 1 N–H and O–H groups in total. The van der Waals surface area contributed by atoms with Gasteiger partial charge in [0.05, 0.1) is 18.5 Å². The van der Waals surface area contributed by atoms with Gasteiger partial charge in [0.2, 0.25) is 5.88 Å². The molecule has 0 amide bonds. The van der Waals surface area contributed by atoms with Gasteiger partial charge in [-0.15, -0.1) is 0 Å². The second-order valence-corrected chi connectivity index (χ2v) is 6.69. The highest BCUT2D eigenvalue weighted by molar-refractivity contribution is 5.39. The Bertz CT molecular complexity index is 466. The lowest BCUT2D eigenvalue weighted by atomic mass is 9.74. The molecule has 3 heterocycles. The molecule has 2 aliphatic heterocycles. The van der Waals surface area contributed by atoms with Crippen LogP contribution in [0, 0.1) is 5.41 Å². The summed E-state index contributed by atoms with van der Waals surface area (Å²) in [7, 11) is 0. The van der Waals surface area contributed by atoms with Crippen LogP contribution < -0.4 is 15.0 Å². The minimum Gasteiger partial charge on any atom is -0.474 e. The highest BCUT2D eigenvalue weighted by atomic mass is 16.5. The molecule has 5 nitrogen and oxygen atoms in total. The van der Waals surface area contributed by atoms with Gasteiger partial charge in [0.1, 0.15) is 0 Å². The van der Waals surface area contributed by atoms with Crippen molar-refractivity contribution in [1.82, 2.24) is 15.3 Å². The molecule has 2 saturated heterocycles. The Kier molecular flexibility index (Phi) is 4.29. The molecule has 0 radical (unpaired) electrons. The summed E-state index contributed by atoms with van der Waals surface area (Å²) in [5.74, 6) is 1.58. The topological polar surface area (TPSA) is 50.3 Å². The van der Waals surface area contributed by atoms with E-state index in [1.165, 1.54) is 32.2 Å². The number of ether oxygens (including phenoxy) is 1. The number of piperidine rings is 2. The Morgan fingerprint density at radius 1 is 1.29 bits per heavy atom. The molecule has 0 aliphatic carbocycles. The molecule has 1 aromatic heterocycles. The first kappa shape index (κ1) is 14.6. The number of hydrogen-bond donors (Lipinski definition) is 1. The second kappa shape index (κ2) is 6.18. The molecule has 116 valence electrons. The second-order valence-electron chi connectivity index (χ2n) is 6.69. The third-order valence-corrected chi connectivity index (χ3v) is 4.50. The van der Waals surface area contributed by atoms with E-state index in [4.69, 9.17) is 4.74 Å². The Hall–Kier alpha value is -1.36. The first-order valence-corrected chi connectivity index (χ1v) is 8.11. The Morgan fingerprint density at radius 2 is 2.14 bits per heavy atom.